The first-order valence-electron chi connectivity index (χ1n) is 4.63. The zero-order chi connectivity index (χ0) is 11.3. The van der Waals surface area contributed by atoms with Crippen molar-refractivity contribution >= 4 is 11.7 Å². The standard InChI is InChI=1S/C11H12FNO2/c1-13-11(15)7-6-10(14)8-2-4-9(12)5-3-8/h2-5H,6-7H2,1H3,(H,13,15). The highest BCUT2D eigenvalue weighted by Gasteiger charge is 2.07. The average molecular weight is 209 g/mol. The van der Waals surface area contributed by atoms with E-state index in [-0.39, 0.29) is 30.3 Å². The SMILES string of the molecule is CNC(=O)CCC(=O)c1ccc(F)cc1. The number of Topliss-reactive ketones (excluding diaryl/α,β-unsaturated/α-hetero) is 1. The van der Waals surface area contributed by atoms with Crippen LogP contribution in [-0.2, 0) is 4.79 Å². The second-order valence-electron chi connectivity index (χ2n) is 3.10. The molecule has 0 bridgehead atoms. The van der Waals surface area contributed by atoms with E-state index in [4.69, 9.17) is 0 Å². The molecule has 1 aromatic rings. The topological polar surface area (TPSA) is 46.2 Å². The van der Waals surface area contributed by atoms with Crippen molar-refractivity contribution in [1.29, 1.82) is 0 Å². The first-order chi connectivity index (χ1) is 7.13. The zero-order valence-electron chi connectivity index (χ0n) is 8.42. The molecule has 0 saturated heterocycles. The number of rotatable bonds is 4. The minimum absolute atomic E-state index is 0.144. The van der Waals surface area contributed by atoms with Crippen LogP contribution in [0, 0.1) is 5.82 Å². The number of carbonyl (C=O) groups excluding carboxylic acids is 2. The first kappa shape index (κ1) is 11.4. The average Bonchev–Trinajstić information content (AvgIpc) is 2.26. The Hall–Kier alpha value is -1.71. The molecule has 0 saturated carbocycles. The summed E-state index contributed by atoms with van der Waals surface area (Å²) in [4.78, 5) is 22.4. The summed E-state index contributed by atoms with van der Waals surface area (Å²) in [6.07, 6.45) is 0.304. The van der Waals surface area contributed by atoms with Crippen molar-refractivity contribution in [3.63, 3.8) is 0 Å². The predicted molar refractivity (Wildman–Crippen MR) is 54.0 cm³/mol. The van der Waals surface area contributed by atoms with Gasteiger partial charge < -0.3 is 5.32 Å². The Morgan fingerprint density at radius 2 is 1.80 bits per heavy atom. The van der Waals surface area contributed by atoms with Gasteiger partial charge in [-0.1, -0.05) is 0 Å². The van der Waals surface area contributed by atoms with Crippen LogP contribution in [0.1, 0.15) is 23.2 Å². The molecule has 0 radical (unpaired) electrons. The Kier molecular flexibility index (Phi) is 3.97. The molecule has 1 N–H and O–H groups in total. The van der Waals surface area contributed by atoms with Crippen molar-refractivity contribution < 1.29 is 14.0 Å². The number of carbonyl (C=O) groups is 2. The van der Waals surface area contributed by atoms with Crippen LogP contribution in [-0.4, -0.2) is 18.7 Å². The van der Waals surface area contributed by atoms with Gasteiger partial charge in [-0.15, -0.1) is 0 Å². The molecule has 0 spiro atoms. The van der Waals surface area contributed by atoms with Gasteiger partial charge in [-0.05, 0) is 24.3 Å². The Labute approximate surface area is 87.3 Å². The number of benzene rings is 1. The Morgan fingerprint density at radius 3 is 2.33 bits per heavy atom. The van der Waals surface area contributed by atoms with Gasteiger partial charge in [-0.3, -0.25) is 9.59 Å². The van der Waals surface area contributed by atoms with E-state index in [1.807, 2.05) is 0 Å². The van der Waals surface area contributed by atoms with Crippen LogP contribution in [0.15, 0.2) is 24.3 Å². The van der Waals surface area contributed by atoms with E-state index in [0.29, 0.717) is 5.56 Å². The molecular weight excluding hydrogens is 197 g/mol. The van der Waals surface area contributed by atoms with E-state index in [1.54, 1.807) is 0 Å². The van der Waals surface area contributed by atoms with Gasteiger partial charge in [0.25, 0.3) is 0 Å². The van der Waals surface area contributed by atoms with Crippen LogP contribution in [0.2, 0.25) is 0 Å². The third kappa shape index (κ3) is 3.50. The molecule has 80 valence electrons. The quantitative estimate of drug-likeness (QED) is 0.764. The van der Waals surface area contributed by atoms with E-state index >= 15 is 0 Å². The molecule has 1 amide bonds. The Balaban J connectivity index is 2.54. The van der Waals surface area contributed by atoms with Gasteiger partial charge in [-0.2, -0.15) is 0 Å². The van der Waals surface area contributed by atoms with Crippen molar-refractivity contribution in [2.45, 2.75) is 12.8 Å². The van der Waals surface area contributed by atoms with Crippen molar-refractivity contribution in [2.75, 3.05) is 7.05 Å². The second kappa shape index (κ2) is 5.24. The fraction of sp³-hybridized carbons (Fsp3) is 0.273. The summed E-state index contributed by atoms with van der Waals surface area (Å²) in [5.41, 5.74) is 0.431. The van der Waals surface area contributed by atoms with E-state index < -0.39 is 0 Å². The Bertz CT molecular complexity index is 359. The lowest BCUT2D eigenvalue weighted by Crippen LogP contribution is -2.18. The molecule has 15 heavy (non-hydrogen) atoms. The number of halogens is 1. The molecule has 3 nitrogen and oxygen atoms in total. The highest BCUT2D eigenvalue weighted by atomic mass is 19.1. The summed E-state index contributed by atoms with van der Waals surface area (Å²) in [7, 11) is 1.52. The maximum absolute atomic E-state index is 12.5. The molecule has 0 aliphatic carbocycles. The highest BCUT2D eigenvalue weighted by Crippen LogP contribution is 2.07. The van der Waals surface area contributed by atoms with Gasteiger partial charge in [0.1, 0.15) is 5.82 Å². The third-order valence-electron chi connectivity index (χ3n) is 2.02. The molecule has 0 aliphatic rings. The van der Waals surface area contributed by atoms with Gasteiger partial charge in [0.05, 0.1) is 0 Å². The molecule has 0 atom stereocenters. The zero-order valence-corrected chi connectivity index (χ0v) is 8.42. The lowest BCUT2D eigenvalue weighted by Gasteiger charge is -2.00. The maximum atomic E-state index is 12.5. The van der Waals surface area contributed by atoms with Crippen molar-refractivity contribution in [3.8, 4) is 0 Å². The molecule has 1 aromatic carbocycles. The highest BCUT2D eigenvalue weighted by molar-refractivity contribution is 5.97. The molecule has 1 rings (SSSR count). The van der Waals surface area contributed by atoms with Gasteiger partial charge >= 0.3 is 0 Å². The molecule has 0 heterocycles. The third-order valence-corrected chi connectivity index (χ3v) is 2.02. The van der Waals surface area contributed by atoms with Crippen molar-refractivity contribution in [3.05, 3.63) is 35.6 Å². The smallest absolute Gasteiger partial charge is 0.220 e. The van der Waals surface area contributed by atoms with Crippen LogP contribution in [0.3, 0.4) is 0 Å². The predicted octanol–water partition coefficient (Wildman–Crippen LogP) is 1.53. The number of ketones is 1. The lowest BCUT2D eigenvalue weighted by atomic mass is 10.1. The molecule has 0 aromatic heterocycles. The van der Waals surface area contributed by atoms with Crippen molar-refractivity contribution in [2.24, 2.45) is 0 Å². The van der Waals surface area contributed by atoms with E-state index in [1.165, 1.54) is 31.3 Å². The number of hydrogen-bond acceptors (Lipinski definition) is 2. The summed E-state index contributed by atoms with van der Waals surface area (Å²) < 4.78 is 12.5. The van der Waals surface area contributed by atoms with Gasteiger partial charge in [0.15, 0.2) is 5.78 Å². The summed E-state index contributed by atoms with van der Waals surface area (Å²) in [6.45, 7) is 0. The number of nitrogens with one attached hydrogen (secondary N) is 1. The fourth-order valence-electron chi connectivity index (χ4n) is 1.13. The van der Waals surface area contributed by atoms with Crippen LogP contribution in [0.5, 0.6) is 0 Å². The van der Waals surface area contributed by atoms with E-state index in [0.717, 1.165) is 0 Å². The summed E-state index contributed by atoms with van der Waals surface area (Å²) >= 11 is 0. The van der Waals surface area contributed by atoms with Gasteiger partial charge in [-0.25, -0.2) is 4.39 Å². The maximum Gasteiger partial charge on any atom is 0.220 e. The Morgan fingerprint density at radius 1 is 1.20 bits per heavy atom. The summed E-state index contributed by atoms with van der Waals surface area (Å²) in [5, 5.41) is 2.43. The summed E-state index contributed by atoms with van der Waals surface area (Å²) in [5.74, 6) is -0.707. The lowest BCUT2D eigenvalue weighted by molar-refractivity contribution is -0.120. The molecular formula is C11H12FNO2. The monoisotopic (exact) mass is 209 g/mol. The minimum atomic E-state index is -0.377. The number of amides is 1. The molecule has 0 unspecified atom stereocenters. The van der Waals surface area contributed by atoms with E-state index in [2.05, 4.69) is 5.32 Å². The van der Waals surface area contributed by atoms with Crippen LogP contribution in [0.25, 0.3) is 0 Å². The summed E-state index contributed by atoms with van der Waals surface area (Å²) in [6, 6.07) is 5.29. The van der Waals surface area contributed by atoms with E-state index in [9.17, 15) is 14.0 Å². The fourth-order valence-corrected chi connectivity index (χ4v) is 1.13. The first-order valence-corrected chi connectivity index (χ1v) is 4.63. The minimum Gasteiger partial charge on any atom is -0.359 e. The van der Waals surface area contributed by atoms with Crippen molar-refractivity contribution in [1.82, 2.24) is 5.32 Å². The second-order valence-corrected chi connectivity index (χ2v) is 3.10. The molecule has 0 fully saturated rings. The van der Waals surface area contributed by atoms with Crippen LogP contribution >= 0.6 is 0 Å². The number of hydrogen-bond donors (Lipinski definition) is 1. The largest absolute Gasteiger partial charge is 0.359 e. The van der Waals surface area contributed by atoms with Gasteiger partial charge in [0.2, 0.25) is 5.91 Å². The van der Waals surface area contributed by atoms with Gasteiger partial charge in [0, 0.05) is 25.5 Å². The molecule has 0 aliphatic heterocycles. The van der Waals surface area contributed by atoms with Crippen LogP contribution in [0.4, 0.5) is 4.39 Å². The molecule has 4 heteroatoms. The van der Waals surface area contributed by atoms with Crippen LogP contribution < -0.4 is 5.32 Å². The normalized spacial score (nSPS) is 9.73.